The number of hydrogen-bond donors (Lipinski definition) is 0. The van der Waals surface area contributed by atoms with Crippen LogP contribution in [0.3, 0.4) is 0 Å². The van der Waals surface area contributed by atoms with E-state index in [-0.39, 0.29) is 0 Å². The molecule has 0 aliphatic heterocycles. The average Bonchev–Trinajstić information content (AvgIpc) is 2.39. The molecule has 0 saturated carbocycles. The zero-order valence-electron chi connectivity index (χ0n) is 6.27. The van der Waals surface area contributed by atoms with Crippen molar-refractivity contribution >= 4 is 66.7 Å². The molecule has 1 nitrogen and oxygen atoms in total. The number of aryl methyl sites for hydroxylation is 1. The maximum atomic E-state index is 4.43. The summed E-state index contributed by atoms with van der Waals surface area (Å²) in [5.74, 6) is 0. The van der Waals surface area contributed by atoms with E-state index < -0.39 is 0 Å². The summed E-state index contributed by atoms with van der Waals surface area (Å²) in [6.45, 7) is 2.05. The van der Waals surface area contributed by atoms with Crippen molar-refractivity contribution in [1.82, 2.24) is 4.98 Å². The first-order chi connectivity index (χ1) is 5.68. The molecule has 0 unspecified atom stereocenters. The minimum absolute atomic E-state index is 1.13. The first-order valence-corrected chi connectivity index (χ1v) is 6.37. The van der Waals surface area contributed by atoms with Crippen LogP contribution in [0, 0.1) is 14.1 Å². The number of nitrogens with zero attached hydrogens (tertiary/aromatic N) is 1. The Morgan fingerprint density at radius 1 is 1.33 bits per heavy atom. The summed E-state index contributed by atoms with van der Waals surface area (Å²) in [5, 5.41) is 1.14. The number of rotatable bonds is 0. The third kappa shape index (κ3) is 1.48. The van der Waals surface area contributed by atoms with E-state index >= 15 is 0 Å². The van der Waals surface area contributed by atoms with Crippen molar-refractivity contribution in [2.75, 3.05) is 0 Å². The number of hydrogen-bond acceptors (Lipinski definition) is 2. The molecule has 0 fully saturated rings. The molecule has 1 aromatic heterocycles. The van der Waals surface area contributed by atoms with Crippen LogP contribution in [0.4, 0.5) is 0 Å². The van der Waals surface area contributed by atoms with Gasteiger partial charge in [0.1, 0.15) is 0 Å². The molecule has 12 heavy (non-hydrogen) atoms. The number of fused-ring (bicyclic) bond motifs is 1. The monoisotopic (exact) mass is 401 g/mol. The molecule has 0 N–H and O–H groups in total. The van der Waals surface area contributed by atoms with Crippen LogP contribution in [0.1, 0.15) is 5.01 Å². The lowest BCUT2D eigenvalue weighted by molar-refractivity contribution is 1.34. The van der Waals surface area contributed by atoms with E-state index in [0.29, 0.717) is 0 Å². The molecule has 1 aromatic carbocycles. The SMILES string of the molecule is Cc1nc2ccc(I)c(I)c2s1. The van der Waals surface area contributed by atoms with E-state index in [1.54, 1.807) is 11.3 Å². The fourth-order valence-corrected chi connectivity index (χ4v) is 3.32. The molecule has 4 heteroatoms. The highest BCUT2D eigenvalue weighted by Gasteiger charge is 2.06. The second-order valence-corrected chi connectivity index (χ2v) is 5.89. The molecule has 62 valence electrons. The molecule has 2 aromatic rings. The van der Waals surface area contributed by atoms with Crippen LogP contribution >= 0.6 is 56.5 Å². The number of benzene rings is 1. The largest absolute Gasteiger partial charge is 0.241 e. The zero-order valence-corrected chi connectivity index (χ0v) is 11.4. The van der Waals surface area contributed by atoms with Crippen LogP contribution in [0.25, 0.3) is 10.2 Å². The summed E-state index contributed by atoms with van der Waals surface area (Å²) in [4.78, 5) is 4.43. The average molecular weight is 401 g/mol. The zero-order chi connectivity index (χ0) is 8.72. The fourth-order valence-electron chi connectivity index (χ4n) is 1.05. The minimum Gasteiger partial charge on any atom is -0.241 e. The van der Waals surface area contributed by atoms with Crippen molar-refractivity contribution in [3.8, 4) is 0 Å². The van der Waals surface area contributed by atoms with Gasteiger partial charge in [0.25, 0.3) is 0 Å². The van der Waals surface area contributed by atoms with Crippen LogP contribution in [0.2, 0.25) is 0 Å². The first-order valence-electron chi connectivity index (χ1n) is 3.39. The molecule has 2 rings (SSSR count). The molecule has 0 aliphatic carbocycles. The quantitative estimate of drug-likeness (QED) is 0.613. The van der Waals surface area contributed by atoms with Crippen LogP contribution in [-0.4, -0.2) is 4.98 Å². The van der Waals surface area contributed by atoms with Crippen molar-refractivity contribution in [2.24, 2.45) is 0 Å². The Hall–Kier alpha value is 0.570. The lowest BCUT2D eigenvalue weighted by atomic mass is 10.3. The first kappa shape index (κ1) is 9.14. The van der Waals surface area contributed by atoms with Crippen LogP contribution < -0.4 is 0 Å². The van der Waals surface area contributed by atoms with Gasteiger partial charge in [-0.25, -0.2) is 4.98 Å². The third-order valence-electron chi connectivity index (χ3n) is 1.56. The Morgan fingerprint density at radius 2 is 2.08 bits per heavy atom. The second kappa shape index (κ2) is 3.38. The highest BCUT2D eigenvalue weighted by molar-refractivity contribution is 14.1. The van der Waals surface area contributed by atoms with E-state index in [2.05, 4.69) is 62.3 Å². The van der Waals surface area contributed by atoms with Gasteiger partial charge in [-0.3, -0.25) is 0 Å². The van der Waals surface area contributed by atoms with Gasteiger partial charge in [-0.2, -0.15) is 0 Å². The normalized spacial score (nSPS) is 10.9. The molecule has 0 aliphatic rings. The van der Waals surface area contributed by atoms with Gasteiger partial charge in [0, 0.05) is 7.14 Å². The summed E-state index contributed by atoms with van der Waals surface area (Å²) in [6, 6.07) is 4.20. The van der Waals surface area contributed by atoms with Gasteiger partial charge in [0.15, 0.2) is 0 Å². The van der Waals surface area contributed by atoms with Gasteiger partial charge in [-0.15, -0.1) is 11.3 Å². The summed E-state index contributed by atoms with van der Waals surface area (Å²) < 4.78 is 3.96. The topological polar surface area (TPSA) is 12.9 Å². The van der Waals surface area contributed by atoms with Crippen LogP contribution in [0.5, 0.6) is 0 Å². The summed E-state index contributed by atoms with van der Waals surface area (Å²) in [7, 11) is 0. The van der Waals surface area contributed by atoms with E-state index in [1.807, 2.05) is 6.92 Å². The summed E-state index contributed by atoms with van der Waals surface area (Å²) in [6.07, 6.45) is 0. The minimum atomic E-state index is 1.13. The van der Waals surface area contributed by atoms with Crippen LogP contribution in [0.15, 0.2) is 12.1 Å². The predicted molar refractivity (Wildman–Crippen MR) is 69.8 cm³/mol. The highest BCUT2D eigenvalue weighted by atomic mass is 127. The van der Waals surface area contributed by atoms with E-state index in [9.17, 15) is 0 Å². The number of thiazole rings is 1. The van der Waals surface area contributed by atoms with Crippen molar-refractivity contribution < 1.29 is 0 Å². The van der Waals surface area contributed by atoms with E-state index in [0.717, 1.165) is 10.5 Å². The molecule has 0 amide bonds. The lowest BCUT2D eigenvalue weighted by Gasteiger charge is -1.94. The van der Waals surface area contributed by atoms with Gasteiger partial charge in [-0.05, 0) is 64.2 Å². The smallest absolute Gasteiger partial charge is 0.0908 e. The van der Waals surface area contributed by atoms with E-state index in [1.165, 1.54) is 11.8 Å². The second-order valence-electron chi connectivity index (χ2n) is 2.44. The number of halogens is 2. The maximum absolute atomic E-state index is 4.43. The Morgan fingerprint density at radius 3 is 2.83 bits per heavy atom. The molecule has 0 radical (unpaired) electrons. The summed E-state index contributed by atoms with van der Waals surface area (Å²) in [5.41, 5.74) is 1.13. The Labute approximate surface area is 102 Å². The van der Waals surface area contributed by atoms with Crippen molar-refractivity contribution in [2.45, 2.75) is 6.92 Å². The highest BCUT2D eigenvalue weighted by Crippen LogP contribution is 2.29. The Balaban J connectivity index is 2.89. The number of aromatic nitrogens is 1. The predicted octanol–water partition coefficient (Wildman–Crippen LogP) is 3.81. The molecule has 1 heterocycles. The molecule has 0 spiro atoms. The lowest BCUT2D eigenvalue weighted by Crippen LogP contribution is -1.78. The van der Waals surface area contributed by atoms with Gasteiger partial charge >= 0.3 is 0 Å². The fraction of sp³-hybridized carbons (Fsp3) is 0.125. The van der Waals surface area contributed by atoms with Gasteiger partial charge < -0.3 is 0 Å². The Kier molecular flexibility index (Phi) is 2.57. The van der Waals surface area contributed by atoms with E-state index in [4.69, 9.17) is 0 Å². The van der Waals surface area contributed by atoms with Crippen molar-refractivity contribution in [3.05, 3.63) is 24.3 Å². The molecule has 0 saturated heterocycles. The molecular formula is C8H5I2NS. The third-order valence-corrected chi connectivity index (χ3v) is 5.98. The van der Waals surface area contributed by atoms with Crippen molar-refractivity contribution in [1.29, 1.82) is 0 Å². The van der Waals surface area contributed by atoms with Gasteiger partial charge in [0.2, 0.25) is 0 Å². The van der Waals surface area contributed by atoms with Gasteiger partial charge in [0.05, 0.1) is 15.2 Å². The summed E-state index contributed by atoms with van der Waals surface area (Å²) >= 11 is 6.50. The van der Waals surface area contributed by atoms with Crippen LogP contribution in [-0.2, 0) is 0 Å². The molecule has 0 atom stereocenters. The van der Waals surface area contributed by atoms with Crippen molar-refractivity contribution in [3.63, 3.8) is 0 Å². The molecular weight excluding hydrogens is 396 g/mol. The Bertz CT molecular complexity index is 436. The van der Waals surface area contributed by atoms with Gasteiger partial charge in [-0.1, -0.05) is 0 Å². The standard InChI is InChI=1S/C8H5I2NS/c1-4-11-6-3-2-5(9)7(10)8(6)12-4/h2-3H,1H3. The molecule has 0 bridgehead atoms. The maximum Gasteiger partial charge on any atom is 0.0908 e.